The molecule has 1 N–H and O–H groups in total. The highest BCUT2D eigenvalue weighted by molar-refractivity contribution is 5.75. The third-order valence-electron chi connectivity index (χ3n) is 12.0. The van der Waals surface area contributed by atoms with Crippen LogP contribution in [0.1, 0.15) is 108 Å². The van der Waals surface area contributed by atoms with Gasteiger partial charge in [-0.25, -0.2) is 26.3 Å². The summed E-state index contributed by atoms with van der Waals surface area (Å²) in [6.07, 6.45) is 10.7. The summed E-state index contributed by atoms with van der Waals surface area (Å²) in [4.78, 5) is 12.6. The maximum Gasteiger partial charge on any atom is 0.309 e. The van der Waals surface area contributed by atoms with Crippen LogP contribution in [-0.2, 0) is 9.53 Å². The molecule has 56 heavy (non-hydrogen) atoms. The van der Waals surface area contributed by atoms with E-state index in [1.807, 2.05) is 18.2 Å². The molecule has 4 aromatic carbocycles. The molecule has 2 saturated carbocycles. The second-order valence-corrected chi connectivity index (χ2v) is 15.6. The molecule has 2 fully saturated rings. The van der Waals surface area contributed by atoms with Crippen molar-refractivity contribution in [1.29, 1.82) is 0 Å². The van der Waals surface area contributed by atoms with Crippen molar-refractivity contribution < 1.29 is 45.7 Å². The van der Waals surface area contributed by atoms with E-state index in [1.54, 1.807) is 19.1 Å². The fourth-order valence-corrected chi connectivity index (χ4v) is 9.26. The Labute approximate surface area is 325 Å². The fourth-order valence-electron chi connectivity index (χ4n) is 9.26. The smallest absolute Gasteiger partial charge is 0.309 e. The number of rotatable bonds is 9. The lowest BCUT2D eigenvalue weighted by Crippen LogP contribution is -2.32. The Balaban J connectivity index is 0.000000191. The van der Waals surface area contributed by atoms with Crippen molar-refractivity contribution in [3.63, 3.8) is 0 Å². The van der Waals surface area contributed by atoms with Gasteiger partial charge in [-0.05, 0) is 133 Å². The van der Waals surface area contributed by atoms with Gasteiger partial charge in [0.25, 0.3) is 0 Å². The van der Waals surface area contributed by atoms with E-state index in [-0.39, 0.29) is 29.1 Å². The lowest BCUT2D eigenvalue weighted by atomic mass is 9.69. The Morgan fingerprint density at radius 3 is 1.71 bits per heavy atom. The second kappa shape index (κ2) is 18.2. The molecule has 4 unspecified atom stereocenters. The molecule has 0 saturated heterocycles. The van der Waals surface area contributed by atoms with Gasteiger partial charge in [-0.15, -0.1) is 0 Å². The van der Waals surface area contributed by atoms with Crippen LogP contribution in [0.15, 0.2) is 60.7 Å². The highest BCUT2D eigenvalue weighted by Gasteiger charge is 2.38. The molecule has 1 aliphatic heterocycles. The lowest BCUT2D eigenvalue weighted by Gasteiger charge is -2.40. The topological polar surface area (TPSA) is 55.8 Å². The van der Waals surface area contributed by atoms with E-state index < -0.39 is 34.9 Å². The van der Waals surface area contributed by atoms with Gasteiger partial charge >= 0.3 is 5.97 Å². The normalized spacial score (nSPS) is 22.9. The van der Waals surface area contributed by atoms with Gasteiger partial charge in [-0.3, -0.25) is 4.79 Å². The average Bonchev–Trinajstić information content (AvgIpc) is 3.19. The van der Waals surface area contributed by atoms with E-state index in [9.17, 15) is 36.2 Å². The molecule has 0 radical (unpaired) electrons. The van der Waals surface area contributed by atoms with Crippen LogP contribution in [0.25, 0.3) is 22.3 Å². The first-order chi connectivity index (χ1) is 26.9. The van der Waals surface area contributed by atoms with E-state index in [1.165, 1.54) is 43.7 Å². The molecule has 4 aromatic rings. The van der Waals surface area contributed by atoms with E-state index in [0.717, 1.165) is 61.6 Å². The zero-order valence-electron chi connectivity index (χ0n) is 32.2. The van der Waals surface area contributed by atoms with Gasteiger partial charge < -0.3 is 14.6 Å². The van der Waals surface area contributed by atoms with Crippen LogP contribution in [0.5, 0.6) is 11.5 Å². The largest absolute Gasteiger partial charge is 0.508 e. The van der Waals surface area contributed by atoms with Crippen molar-refractivity contribution in [1.82, 2.24) is 0 Å². The summed E-state index contributed by atoms with van der Waals surface area (Å²) in [5, 5.41) is 10.7. The molecule has 7 rings (SSSR count). The molecule has 300 valence electrons. The lowest BCUT2D eigenvalue weighted by molar-refractivity contribution is -0.150. The number of hydrogen-bond acceptors (Lipinski definition) is 4. The van der Waals surface area contributed by atoms with E-state index in [4.69, 9.17) is 9.47 Å². The van der Waals surface area contributed by atoms with Crippen molar-refractivity contribution in [3.05, 3.63) is 107 Å². The van der Waals surface area contributed by atoms with Crippen LogP contribution in [0.4, 0.5) is 26.3 Å². The second-order valence-electron chi connectivity index (χ2n) is 15.6. The van der Waals surface area contributed by atoms with Gasteiger partial charge in [0.2, 0.25) is 0 Å². The highest BCUT2D eigenvalue weighted by Crippen LogP contribution is 2.49. The van der Waals surface area contributed by atoms with Crippen LogP contribution in [-0.4, -0.2) is 24.3 Å². The van der Waals surface area contributed by atoms with Crippen LogP contribution in [0, 0.1) is 58.6 Å². The molecule has 0 aromatic heterocycles. The molecule has 0 bridgehead atoms. The number of esters is 1. The summed E-state index contributed by atoms with van der Waals surface area (Å²) in [6, 6.07) is 14.3. The predicted octanol–water partition coefficient (Wildman–Crippen LogP) is 12.8. The predicted molar refractivity (Wildman–Crippen MR) is 204 cm³/mol. The Hall–Kier alpha value is -4.47. The van der Waals surface area contributed by atoms with Gasteiger partial charge in [-0.2, -0.15) is 0 Å². The van der Waals surface area contributed by atoms with Crippen LogP contribution in [0.2, 0.25) is 0 Å². The summed E-state index contributed by atoms with van der Waals surface area (Å²) >= 11 is 0. The van der Waals surface area contributed by atoms with Crippen molar-refractivity contribution in [2.45, 2.75) is 96.8 Å². The molecule has 4 nitrogen and oxygen atoms in total. The van der Waals surface area contributed by atoms with Gasteiger partial charge in [0, 0.05) is 11.8 Å². The number of benzene rings is 4. The third kappa shape index (κ3) is 9.05. The number of halogens is 6. The minimum atomic E-state index is -1.53. The first-order valence-corrected chi connectivity index (χ1v) is 20.0. The van der Waals surface area contributed by atoms with E-state index in [0.29, 0.717) is 59.6 Å². The summed E-state index contributed by atoms with van der Waals surface area (Å²) in [6.45, 7) is 7.13. The molecule has 2 aliphatic carbocycles. The molecular weight excluding hydrogens is 730 g/mol. The summed E-state index contributed by atoms with van der Waals surface area (Å²) < 4.78 is 92.0. The van der Waals surface area contributed by atoms with E-state index in [2.05, 4.69) is 13.8 Å². The number of hydrogen-bond donors (Lipinski definition) is 1. The number of aromatic hydroxyl groups is 1. The number of ether oxygens (including phenoxy) is 2. The van der Waals surface area contributed by atoms with Gasteiger partial charge in [0.1, 0.15) is 11.5 Å². The first-order valence-electron chi connectivity index (χ1n) is 20.0. The number of phenols is 1. The molecule has 3 aliphatic rings. The summed E-state index contributed by atoms with van der Waals surface area (Å²) in [5.74, 6) is -5.61. The van der Waals surface area contributed by atoms with Crippen molar-refractivity contribution in [2.75, 3.05) is 13.2 Å². The fraction of sp³-hybridized carbons (Fsp3) is 0.457. The third-order valence-corrected chi connectivity index (χ3v) is 12.0. The number of fused-ring (bicyclic) bond motifs is 3. The number of carbonyl (C=O) groups is 1. The Morgan fingerprint density at radius 2 is 1.18 bits per heavy atom. The van der Waals surface area contributed by atoms with Crippen LogP contribution in [0.3, 0.4) is 0 Å². The zero-order valence-corrected chi connectivity index (χ0v) is 32.2. The standard InChI is InChI=1S/C24H27F3O3.C22H23F3O/c1-3-5-14-6-8-17(19(10-14)24(29)30-4-2)18-9-7-15(13-22(18)28)16-11-20(25)23(27)21(26)12-16;1-2-3-13-4-6-17-16(8-13)12-26-21-11-14(5-7-18(17)21)15-9-19(23)22(25)20(24)10-15/h7,9,11-14,17,19,28H,3-6,8,10H2,1-2H3;5,7,9-11,13,16-17H,2-4,6,8,12H2,1H3/t14?,17-,19?;13?,16?,17-/m01/s1. The summed E-state index contributed by atoms with van der Waals surface area (Å²) in [7, 11) is 0. The van der Waals surface area contributed by atoms with Gasteiger partial charge in [0.15, 0.2) is 34.9 Å². The maximum absolute atomic E-state index is 13.6. The minimum absolute atomic E-state index is 0.0501. The molecule has 10 heteroatoms. The Kier molecular flexibility index (Phi) is 13.4. The van der Waals surface area contributed by atoms with Crippen LogP contribution >= 0.6 is 0 Å². The molecule has 0 amide bonds. The highest BCUT2D eigenvalue weighted by atomic mass is 19.2. The summed E-state index contributed by atoms with van der Waals surface area (Å²) in [5.41, 5.74) is 3.27. The van der Waals surface area contributed by atoms with Gasteiger partial charge in [-0.1, -0.05) is 63.8 Å². The van der Waals surface area contributed by atoms with Crippen molar-refractivity contribution >= 4 is 5.97 Å². The van der Waals surface area contributed by atoms with Crippen LogP contribution < -0.4 is 4.74 Å². The van der Waals surface area contributed by atoms with Crippen molar-refractivity contribution in [3.8, 4) is 33.8 Å². The Morgan fingerprint density at radius 1 is 0.661 bits per heavy atom. The average molecular weight is 781 g/mol. The maximum atomic E-state index is 13.6. The van der Waals surface area contributed by atoms with Gasteiger partial charge in [0.05, 0.1) is 19.1 Å². The molecule has 0 spiro atoms. The van der Waals surface area contributed by atoms with Crippen molar-refractivity contribution in [2.24, 2.45) is 23.7 Å². The number of phenolic OH excluding ortho intramolecular Hbond substituents is 1. The SMILES string of the molecule is CCCC1CC[C@@H](c2ccc(-c3cc(F)c(F)c(F)c3)cc2O)C(C(=O)OCC)C1.CCCC1CC[C@H]2c3ccc(-c4cc(F)c(F)c(F)c4)cc3OCC2C1. The quantitative estimate of drug-likeness (QED) is 0.104. The number of carbonyl (C=O) groups excluding carboxylic acids is 1. The first kappa shape index (κ1) is 41.2. The molecular formula is C46H50F6O4. The van der Waals surface area contributed by atoms with E-state index >= 15 is 0 Å². The minimum Gasteiger partial charge on any atom is -0.508 e. The molecule has 1 heterocycles. The monoisotopic (exact) mass is 780 g/mol. The molecule has 6 atom stereocenters. The zero-order chi connectivity index (χ0) is 40.1. The Bertz CT molecular complexity index is 1970.